The Morgan fingerprint density at radius 3 is 2.48 bits per heavy atom. The Hall–Kier alpha value is -1.06. The highest BCUT2D eigenvalue weighted by molar-refractivity contribution is 14.0. The summed E-state index contributed by atoms with van der Waals surface area (Å²) in [6, 6.07) is 0.229. The van der Waals surface area contributed by atoms with E-state index in [9.17, 15) is 9.59 Å². The van der Waals surface area contributed by atoms with Crippen molar-refractivity contribution >= 4 is 41.8 Å². The van der Waals surface area contributed by atoms with Crippen molar-refractivity contribution in [2.75, 3.05) is 33.2 Å². The number of hydrogen-bond acceptors (Lipinski definition) is 3. The number of guanidine groups is 1. The summed E-state index contributed by atoms with van der Waals surface area (Å²) >= 11 is 0. The van der Waals surface area contributed by atoms with E-state index in [-0.39, 0.29) is 47.8 Å². The van der Waals surface area contributed by atoms with E-state index in [1.807, 2.05) is 25.7 Å². The molecule has 0 aromatic rings. The lowest BCUT2D eigenvalue weighted by Crippen LogP contribution is -2.47. The molecule has 0 spiro atoms. The van der Waals surface area contributed by atoms with Crippen LogP contribution in [-0.4, -0.2) is 61.9 Å². The summed E-state index contributed by atoms with van der Waals surface area (Å²) in [5.41, 5.74) is 0. The minimum absolute atomic E-state index is 0. The van der Waals surface area contributed by atoms with Crippen LogP contribution in [0.3, 0.4) is 0 Å². The van der Waals surface area contributed by atoms with E-state index in [4.69, 9.17) is 0 Å². The summed E-state index contributed by atoms with van der Waals surface area (Å²) in [5, 5.41) is 9.33. The van der Waals surface area contributed by atoms with Crippen molar-refractivity contribution in [1.82, 2.24) is 20.9 Å². The largest absolute Gasteiger partial charge is 0.355 e. The van der Waals surface area contributed by atoms with Gasteiger partial charge in [-0.1, -0.05) is 20.8 Å². The quantitative estimate of drug-likeness (QED) is 0.244. The molecule has 0 aromatic heterocycles. The van der Waals surface area contributed by atoms with Gasteiger partial charge >= 0.3 is 0 Å². The van der Waals surface area contributed by atoms with Gasteiger partial charge in [0, 0.05) is 51.6 Å². The topological polar surface area (TPSA) is 85.8 Å². The smallest absolute Gasteiger partial charge is 0.222 e. The standard InChI is InChI=1S/C15H29N5O2.HI/c1-5-13(21)20-9-6-12(10-20)19-15(16-4)18-8-7-17-14(22)11(2)3;/h11-12H,5-10H2,1-4H3,(H,17,22)(H2,16,18,19);1H. The van der Waals surface area contributed by atoms with Gasteiger partial charge in [-0.05, 0) is 6.42 Å². The van der Waals surface area contributed by atoms with E-state index in [0.29, 0.717) is 25.5 Å². The van der Waals surface area contributed by atoms with Crippen LogP contribution in [0.1, 0.15) is 33.6 Å². The number of aliphatic imine (C=N–C) groups is 1. The molecule has 1 aliphatic heterocycles. The van der Waals surface area contributed by atoms with Crippen molar-refractivity contribution in [3.63, 3.8) is 0 Å². The number of nitrogens with one attached hydrogen (secondary N) is 3. The first-order valence-corrected chi connectivity index (χ1v) is 8.00. The molecule has 0 bridgehead atoms. The third-order valence-corrected chi connectivity index (χ3v) is 3.65. The molecule has 1 heterocycles. The number of halogens is 1. The predicted molar refractivity (Wildman–Crippen MR) is 103 cm³/mol. The van der Waals surface area contributed by atoms with Crippen molar-refractivity contribution in [2.45, 2.75) is 39.7 Å². The number of hydrogen-bond donors (Lipinski definition) is 3. The second kappa shape index (κ2) is 11.5. The fraction of sp³-hybridized carbons (Fsp3) is 0.800. The highest BCUT2D eigenvalue weighted by Gasteiger charge is 2.25. The Bertz CT molecular complexity index is 415. The van der Waals surface area contributed by atoms with E-state index in [2.05, 4.69) is 20.9 Å². The lowest BCUT2D eigenvalue weighted by atomic mass is 10.2. The molecule has 2 amide bonds. The zero-order valence-corrected chi connectivity index (χ0v) is 16.8. The van der Waals surface area contributed by atoms with Gasteiger partial charge in [0.05, 0.1) is 0 Å². The van der Waals surface area contributed by atoms with E-state index < -0.39 is 0 Å². The van der Waals surface area contributed by atoms with Crippen LogP contribution in [0, 0.1) is 5.92 Å². The molecule has 1 unspecified atom stereocenters. The molecule has 23 heavy (non-hydrogen) atoms. The zero-order valence-electron chi connectivity index (χ0n) is 14.5. The van der Waals surface area contributed by atoms with Crippen molar-refractivity contribution in [3.8, 4) is 0 Å². The second-order valence-corrected chi connectivity index (χ2v) is 5.77. The first kappa shape index (κ1) is 21.9. The van der Waals surface area contributed by atoms with Crippen molar-refractivity contribution in [1.29, 1.82) is 0 Å². The number of nitrogens with zero attached hydrogens (tertiary/aromatic N) is 2. The van der Waals surface area contributed by atoms with Gasteiger partial charge in [-0.3, -0.25) is 14.6 Å². The highest BCUT2D eigenvalue weighted by atomic mass is 127. The Balaban J connectivity index is 0.00000484. The lowest BCUT2D eigenvalue weighted by Gasteiger charge is -2.19. The van der Waals surface area contributed by atoms with Gasteiger partial charge in [0.1, 0.15) is 0 Å². The summed E-state index contributed by atoms with van der Waals surface area (Å²) in [6.45, 7) is 8.31. The number of likely N-dealkylation sites (tertiary alicyclic amines) is 1. The number of carbonyl (C=O) groups excluding carboxylic acids is 2. The van der Waals surface area contributed by atoms with Crippen LogP contribution in [0.15, 0.2) is 4.99 Å². The summed E-state index contributed by atoms with van der Waals surface area (Å²) in [4.78, 5) is 29.2. The summed E-state index contributed by atoms with van der Waals surface area (Å²) in [7, 11) is 1.71. The minimum Gasteiger partial charge on any atom is -0.355 e. The second-order valence-electron chi connectivity index (χ2n) is 5.77. The summed E-state index contributed by atoms with van der Waals surface area (Å²) < 4.78 is 0. The molecule has 1 fully saturated rings. The Morgan fingerprint density at radius 2 is 1.91 bits per heavy atom. The van der Waals surface area contributed by atoms with Gasteiger partial charge in [-0.25, -0.2) is 0 Å². The SMILES string of the molecule is CCC(=O)N1CCC(NC(=NC)NCCNC(=O)C(C)C)C1.I. The molecule has 1 aliphatic rings. The van der Waals surface area contributed by atoms with E-state index >= 15 is 0 Å². The Labute approximate surface area is 156 Å². The molecule has 134 valence electrons. The van der Waals surface area contributed by atoms with Crippen LogP contribution in [0.25, 0.3) is 0 Å². The third kappa shape index (κ3) is 7.85. The monoisotopic (exact) mass is 439 g/mol. The first-order valence-electron chi connectivity index (χ1n) is 8.00. The third-order valence-electron chi connectivity index (χ3n) is 3.65. The van der Waals surface area contributed by atoms with Crippen molar-refractivity contribution < 1.29 is 9.59 Å². The average Bonchev–Trinajstić information content (AvgIpc) is 2.97. The van der Waals surface area contributed by atoms with Crippen molar-refractivity contribution in [3.05, 3.63) is 0 Å². The molecule has 8 heteroatoms. The van der Waals surface area contributed by atoms with Gasteiger partial charge in [0.2, 0.25) is 11.8 Å². The van der Waals surface area contributed by atoms with Crippen LogP contribution in [0.4, 0.5) is 0 Å². The van der Waals surface area contributed by atoms with E-state index in [1.54, 1.807) is 7.05 Å². The fourth-order valence-corrected chi connectivity index (χ4v) is 2.29. The molecular formula is C15H30IN5O2. The summed E-state index contributed by atoms with van der Waals surface area (Å²) in [5.74, 6) is 0.950. The van der Waals surface area contributed by atoms with Crippen molar-refractivity contribution in [2.24, 2.45) is 10.9 Å². The maximum absolute atomic E-state index is 11.7. The van der Waals surface area contributed by atoms with Gasteiger partial charge in [0.25, 0.3) is 0 Å². The molecule has 7 nitrogen and oxygen atoms in total. The van der Waals surface area contributed by atoms with Crippen LogP contribution < -0.4 is 16.0 Å². The van der Waals surface area contributed by atoms with Gasteiger partial charge in [-0.15, -0.1) is 24.0 Å². The molecule has 0 saturated carbocycles. The first-order chi connectivity index (χ1) is 10.5. The maximum atomic E-state index is 11.7. The number of amides is 2. The van der Waals surface area contributed by atoms with Crippen LogP contribution in [0.5, 0.6) is 0 Å². The lowest BCUT2D eigenvalue weighted by molar-refractivity contribution is -0.129. The fourth-order valence-electron chi connectivity index (χ4n) is 2.29. The molecular weight excluding hydrogens is 409 g/mol. The van der Waals surface area contributed by atoms with Crippen LogP contribution in [-0.2, 0) is 9.59 Å². The van der Waals surface area contributed by atoms with E-state index in [0.717, 1.165) is 19.5 Å². The average molecular weight is 439 g/mol. The molecule has 1 saturated heterocycles. The van der Waals surface area contributed by atoms with E-state index in [1.165, 1.54) is 0 Å². The Kier molecular flexibility index (Phi) is 10.9. The maximum Gasteiger partial charge on any atom is 0.222 e. The molecule has 0 radical (unpaired) electrons. The van der Waals surface area contributed by atoms with Gasteiger partial charge in [-0.2, -0.15) is 0 Å². The normalized spacial score (nSPS) is 17.7. The van der Waals surface area contributed by atoms with Gasteiger partial charge in [0.15, 0.2) is 5.96 Å². The number of rotatable bonds is 6. The van der Waals surface area contributed by atoms with Crippen LogP contribution in [0.2, 0.25) is 0 Å². The Morgan fingerprint density at radius 1 is 1.26 bits per heavy atom. The molecule has 1 atom stereocenters. The molecule has 1 rings (SSSR count). The number of carbonyl (C=O) groups is 2. The minimum atomic E-state index is -0.00184. The molecule has 3 N–H and O–H groups in total. The van der Waals surface area contributed by atoms with Gasteiger partial charge < -0.3 is 20.9 Å². The zero-order chi connectivity index (χ0) is 16.5. The van der Waals surface area contributed by atoms with Crippen LogP contribution >= 0.6 is 24.0 Å². The highest BCUT2D eigenvalue weighted by Crippen LogP contribution is 2.10. The molecule has 0 aromatic carbocycles. The molecule has 0 aliphatic carbocycles. The summed E-state index contributed by atoms with van der Waals surface area (Å²) in [6.07, 6.45) is 1.48. The predicted octanol–water partition coefficient (Wildman–Crippen LogP) is 0.553.